The monoisotopic (exact) mass is 717 g/mol. The van der Waals surface area contributed by atoms with E-state index in [1.165, 1.54) is 67.1 Å². The second-order valence-electron chi connectivity index (χ2n) is 15.7. The van der Waals surface area contributed by atoms with E-state index in [2.05, 4.69) is 223 Å². The van der Waals surface area contributed by atoms with Crippen LogP contribution >= 0.6 is 0 Å². The molecule has 2 aliphatic heterocycles. The Hall–Kier alpha value is -6.78. The molecule has 0 N–H and O–H groups in total. The van der Waals surface area contributed by atoms with Crippen LogP contribution in [0, 0.1) is 0 Å². The Balaban J connectivity index is 1.16. The Morgan fingerprint density at radius 2 is 1.02 bits per heavy atom. The third kappa shape index (κ3) is 4.85. The molecule has 8 aromatic rings. The van der Waals surface area contributed by atoms with Crippen LogP contribution in [0.15, 0.2) is 194 Å². The summed E-state index contributed by atoms with van der Waals surface area (Å²) in [5, 5.41) is 0. The summed E-state index contributed by atoms with van der Waals surface area (Å²) in [6, 6.07) is 71.5. The Morgan fingerprint density at radius 3 is 1.75 bits per heavy atom. The zero-order chi connectivity index (χ0) is 37.4. The lowest BCUT2D eigenvalue weighted by atomic mass is 9.33. The van der Waals surface area contributed by atoms with Crippen molar-refractivity contribution in [2.75, 3.05) is 14.7 Å². The molecule has 56 heavy (non-hydrogen) atoms. The standard InChI is InChI=1S/C52H40BN3/c1-52(2)42-25-13-12-18-36(42)34-41-43(52)26-16-29-46(41)54(37-19-6-3-7-20-37)40-32-33-45-50(35-40)56(39-23-10-5-11-24-39)49-31-17-30-48-51(49)53(45)44-27-14-15-28-47(44)55(48)38-21-8-4-9-22-38/h3-33,35H,34H2,1-2H3. The van der Waals surface area contributed by atoms with E-state index in [0.29, 0.717) is 0 Å². The van der Waals surface area contributed by atoms with Crippen LogP contribution < -0.4 is 31.1 Å². The van der Waals surface area contributed by atoms with Gasteiger partial charge >= 0.3 is 0 Å². The lowest BCUT2D eigenvalue weighted by molar-refractivity contribution is 0.611. The van der Waals surface area contributed by atoms with Crippen LogP contribution in [0.2, 0.25) is 0 Å². The summed E-state index contributed by atoms with van der Waals surface area (Å²) < 4.78 is 0. The molecule has 3 aliphatic rings. The molecule has 0 fully saturated rings. The molecule has 3 nitrogen and oxygen atoms in total. The zero-order valence-electron chi connectivity index (χ0n) is 31.6. The second-order valence-corrected chi connectivity index (χ2v) is 15.7. The van der Waals surface area contributed by atoms with Crippen molar-refractivity contribution in [3.05, 3.63) is 216 Å². The highest BCUT2D eigenvalue weighted by atomic mass is 15.2. The van der Waals surface area contributed by atoms with Crippen molar-refractivity contribution in [3.63, 3.8) is 0 Å². The van der Waals surface area contributed by atoms with Crippen LogP contribution in [0.5, 0.6) is 0 Å². The van der Waals surface area contributed by atoms with Crippen molar-refractivity contribution >= 4 is 74.3 Å². The third-order valence-electron chi connectivity index (χ3n) is 12.3. The van der Waals surface area contributed by atoms with Gasteiger partial charge in [-0.05, 0) is 111 Å². The summed E-state index contributed by atoms with van der Waals surface area (Å²) in [5.74, 6) is 0. The summed E-state index contributed by atoms with van der Waals surface area (Å²) in [6.45, 7) is 4.82. The van der Waals surface area contributed by atoms with Gasteiger partial charge in [0.25, 0.3) is 6.71 Å². The predicted octanol–water partition coefficient (Wildman–Crippen LogP) is 11.5. The third-order valence-corrected chi connectivity index (χ3v) is 12.3. The Morgan fingerprint density at radius 1 is 0.464 bits per heavy atom. The Bertz CT molecular complexity index is 2780. The van der Waals surface area contributed by atoms with Gasteiger partial charge < -0.3 is 14.7 Å². The highest BCUT2D eigenvalue weighted by Crippen LogP contribution is 2.49. The minimum absolute atomic E-state index is 0.0633. The van der Waals surface area contributed by atoms with Gasteiger partial charge in [0.05, 0.1) is 0 Å². The minimum atomic E-state index is -0.119. The van der Waals surface area contributed by atoms with Crippen molar-refractivity contribution in [2.24, 2.45) is 0 Å². The minimum Gasteiger partial charge on any atom is -0.311 e. The number of benzene rings is 8. The molecule has 11 rings (SSSR count). The van der Waals surface area contributed by atoms with Crippen LogP contribution in [-0.4, -0.2) is 6.71 Å². The number of fused-ring (bicyclic) bond motifs is 6. The fraction of sp³-hybridized carbons (Fsp3) is 0.0769. The smallest absolute Gasteiger partial charge is 0.252 e. The predicted molar refractivity (Wildman–Crippen MR) is 237 cm³/mol. The number of hydrogen-bond acceptors (Lipinski definition) is 3. The van der Waals surface area contributed by atoms with Gasteiger partial charge in [-0.2, -0.15) is 0 Å². The molecular weight excluding hydrogens is 677 g/mol. The van der Waals surface area contributed by atoms with Crippen LogP contribution in [0.4, 0.5) is 51.2 Å². The molecule has 266 valence electrons. The topological polar surface area (TPSA) is 9.72 Å². The molecule has 1 aliphatic carbocycles. The molecule has 0 bridgehead atoms. The fourth-order valence-corrected chi connectivity index (χ4v) is 9.90. The fourth-order valence-electron chi connectivity index (χ4n) is 9.90. The maximum Gasteiger partial charge on any atom is 0.252 e. The molecule has 0 aromatic heterocycles. The number of para-hydroxylation sites is 4. The molecule has 0 unspecified atom stereocenters. The van der Waals surface area contributed by atoms with Gasteiger partial charge in [-0.25, -0.2) is 0 Å². The lowest BCUT2D eigenvalue weighted by Crippen LogP contribution is -2.61. The van der Waals surface area contributed by atoms with Crippen molar-refractivity contribution in [1.29, 1.82) is 0 Å². The molecule has 0 amide bonds. The summed E-state index contributed by atoms with van der Waals surface area (Å²) in [5.41, 5.74) is 20.1. The van der Waals surface area contributed by atoms with Crippen molar-refractivity contribution < 1.29 is 0 Å². The second kappa shape index (κ2) is 12.6. The first kappa shape index (κ1) is 32.6. The lowest BCUT2D eigenvalue weighted by Gasteiger charge is -2.44. The normalized spacial score (nSPS) is 14.2. The number of rotatable bonds is 5. The Kier molecular flexibility index (Phi) is 7.37. The first-order valence-electron chi connectivity index (χ1n) is 19.7. The van der Waals surface area contributed by atoms with Gasteiger partial charge in [0, 0.05) is 63.0 Å². The maximum atomic E-state index is 2.49. The van der Waals surface area contributed by atoms with E-state index in [1.54, 1.807) is 0 Å². The van der Waals surface area contributed by atoms with Crippen LogP contribution in [0.1, 0.15) is 36.1 Å². The van der Waals surface area contributed by atoms with E-state index in [4.69, 9.17) is 0 Å². The molecule has 4 heteroatoms. The highest BCUT2D eigenvalue weighted by molar-refractivity contribution is 7.00. The summed E-state index contributed by atoms with van der Waals surface area (Å²) >= 11 is 0. The van der Waals surface area contributed by atoms with E-state index < -0.39 is 0 Å². The van der Waals surface area contributed by atoms with Gasteiger partial charge in [-0.3, -0.25) is 0 Å². The van der Waals surface area contributed by atoms with Crippen LogP contribution in [0.25, 0.3) is 0 Å². The average molecular weight is 718 g/mol. The van der Waals surface area contributed by atoms with Crippen molar-refractivity contribution in [1.82, 2.24) is 0 Å². The number of hydrogen-bond donors (Lipinski definition) is 0. The molecule has 0 saturated heterocycles. The van der Waals surface area contributed by atoms with Gasteiger partial charge in [0.15, 0.2) is 0 Å². The average Bonchev–Trinajstić information content (AvgIpc) is 3.25. The van der Waals surface area contributed by atoms with Gasteiger partial charge in [-0.1, -0.05) is 135 Å². The molecular formula is C52H40BN3. The maximum absolute atomic E-state index is 2.49. The van der Waals surface area contributed by atoms with Gasteiger partial charge in [-0.15, -0.1) is 0 Å². The largest absolute Gasteiger partial charge is 0.311 e. The Labute approximate surface area is 329 Å². The molecule has 8 aromatic carbocycles. The van der Waals surface area contributed by atoms with Crippen molar-refractivity contribution in [3.8, 4) is 0 Å². The molecule has 0 atom stereocenters. The van der Waals surface area contributed by atoms with E-state index in [9.17, 15) is 0 Å². The van der Waals surface area contributed by atoms with Crippen LogP contribution in [-0.2, 0) is 11.8 Å². The van der Waals surface area contributed by atoms with Gasteiger partial charge in [0.2, 0.25) is 0 Å². The molecule has 0 radical (unpaired) electrons. The van der Waals surface area contributed by atoms with Gasteiger partial charge in [0.1, 0.15) is 0 Å². The van der Waals surface area contributed by atoms with Crippen molar-refractivity contribution in [2.45, 2.75) is 25.7 Å². The van der Waals surface area contributed by atoms with E-state index in [1.807, 2.05) is 0 Å². The number of nitrogens with zero attached hydrogens (tertiary/aromatic N) is 3. The summed E-state index contributed by atoms with van der Waals surface area (Å²) in [7, 11) is 0. The molecule has 2 heterocycles. The van der Waals surface area contributed by atoms with Crippen LogP contribution in [0.3, 0.4) is 0 Å². The summed E-state index contributed by atoms with van der Waals surface area (Å²) in [4.78, 5) is 7.43. The highest BCUT2D eigenvalue weighted by Gasteiger charge is 2.43. The first-order valence-corrected chi connectivity index (χ1v) is 19.7. The number of anilines is 9. The van der Waals surface area contributed by atoms with E-state index >= 15 is 0 Å². The molecule has 0 saturated carbocycles. The van der Waals surface area contributed by atoms with E-state index in [0.717, 1.165) is 29.2 Å². The zero-order valence-corrected chi connectivity index (χ0v) is 31.6. The first-order chi connectivity index (χ1) is 27.6. The van der Waals surface area contributed by atoms with E-state index in [-0.39, 0.29) is 12.1 Å². The molecule has 0 spiro atoms. The SMILES string of the molecule is CC1(C)c2ccccc2Cc2c(N(c3ccccc3)c3ccc4c(c3)N(c3ccccc3)c3cccc5c3B4c3ccccc3N5c3ccccc3)cccc21. The summed E-state index contributed by atoms with van der Waals surface area (Å²) in [6.07, 6.45) is 0.891. The quantitative estimate of drug-likeness (QED) is 0.164.